The molecular weight excluding hydrogens is 395 g/mol. The molecule has 1 aromatic heterocycles. The molecule has 2 bridgehead atoms. The van der Waals surface area contributed by atoms with Crippen LogP contribution in [0.4, 0.5) is 9.18 Å². The minimum absolute atomic E-state index is 0.0211. The van der Waals surface area contributed by atoms with Gasteiger partial charge in [0.05, 0.1) is 16.7 Å². The Labute approximate surface area is 181 Å². The van der Waals surface area contributed by atoms with Crippen LogP contribution in [0, 0.1) is 11.7 Å². The Morgan fingerprint density at radius 3 is 2.58 bits per heavy atom. The van der Waals surface area contributed by atoms with Gasteiger partial charge in [0, 0.05) is 18.1 Å². The Hall–Kier alpha value is -2.93. The van der Waals surface area contributed by atoms with Gasteiger partial charge in [-0.1, -0.05) is 12.1 Å². The van der Waals surface area contributed by atoms with E-state index < -0.39 is 5.54 Å². The van der Waals surface area contributed by atoms with Crippen molar-refractivity contribution in [1.29, 1.82) is 0 Å². The van der Waals surface area contributed by atoms with Crippen molar-refractivity contribution >= 4 is 17.0 Å². The number of fused-ring (bicyclic) bond motifs is 4. The monoisotopic (exact) mass is 422 g/mol. The van der Waals surface area contributed by atoms with Crippen molar-refractivity contribution in [3.05, 3.63) is 60.0 Å². The Morgan fingerprint density at radius 1 is 1.16 bits per heavy atom. The average molecular weight is 423 g/mol. The highest BCUT2D eigenvalue weighted by Gasteiger charge is 2.37. The number of benzene rings is 2. The van der Waals surface area contributed by atoms with Gasteiger partial charge in [0.25, 0.3) is 0 Å². The summed E-state index contributed by atoms with van der Waals surface area (Å²) in [6, 6.07) is 12.2. The van der Waals surface area contributed by atoms with E-state index in [4.69, 9.17) is 4.74 Å². The number of ether oxygens (including phenoxy) is 1. The summed E-state index contributed by atoms with van der Waals surface area (Å²) in [6.45, 7) is 6.99. The number of carbonyl (C=O) groups excluding carboxylic acids is 1. The summed E-state index contributed by atoms with van der Waals surface area (Å²) in [7, 11) is 0. The topological polar surface area (TPSA) is 59.4 Å². The number of alkyl carbamates (subject to hydrolysis) is 1. The third kappa shape index (κ3) is 4.02. The zero-order valence-electron chi connectivity index (χ0n) is 17.8. The van der Waals surface area contributed by atoms with E-state index in [1.54, 1.807) is 16.8 Å². The first-order valence-corrected chi connectivity index (χ1v) is 10.8. The van der Waals surface area contributed by atoms with Crippen LogP contribution < -0.4 is 5.32 Å². The first kappa shape index (κ1) is 20.0. The Kier molecular flexibility index (Phi) is 4.93. The van der Waals surface area contributed by atoms with Crippen molar-refractivity contribution < 1.29 is 13.9 Å². The van der Waals surface area contributed by atoms with Crippen LogP contribution in [0.2, 0.25) is 0 Å². The normalized spacial score (nSPS) is 23.1. The van der Waals surface area contributed by atoms with E-state index in [0.717, 1.165) is 54.6 Å². The maximum Gasteiger partial charge on any atom is 0.408 e. The molecule has 31 heavy (non-hydrogen) atoms. The summed E-state index contributed by atoms with van der Waals surface area (Å²) in [5, 5.41) is 8.63. The second-order valence-electron chi connectivity index (χ2n) is 9.16. The molecule has 3 saturated heterocycles. The highest BCUT2D eigenvalue weighted by Crippen LogP contribution is 2.30. The van der Waals surface area contributed by atoms with Gasteiger partial charge in [0.2, 0.25) is 0 Å². The summed E-state index contributed by atoms with van der Waals surface area (Å²) in [4.78, 5) is 15.0. The molecule has 0 radical (unpaired) electrons. The molecule has 3 aliphatic rings. The standard InChI is InChI=1S/C24H27FN4O2/c1-24(2,26-23(30)31-22-15-28-11-9-16(22)10-12-28)18-4-3-17-14-29(27-21(17)13-18)20-7-5-19(25)6-8-20/h3-8,13-14,16,22H,9-12,15H2,1-2H3,(H,26,30). The molecule has 1 unspecified atom stereocenters. The number of hydrogen-bond donors (Lipinski definition) is 1. The minimum Gasteiger partial charge on any atom is -0.445 e. The van der Waals surface area contributed by atoms with Crippen LogP contribution >= 0.6 is 0 Å². The van der Waals surface area contributed by atoms with Crippen LogP contribution in [0.1, 0.15) is 32.3 Å². The van der Waals surface area contributed by atoms with E-state index in [-0.39, 0.29) is 18.0 Å². The van der Waals surface area contributed by atoms with E-state index in [9.17, 15) is 9.18 Å². The fourth-order valence-electron chi connectivity index (χ4n) is 4.67. The van der Waals surface area contributed by atoms with Gasteiger partial charge < -0.3 is 10.1 Å². The largest absolute Gasteiger partial charge is 0.445 e. The lowest BCUT2D eigenvalue weighted by Gasteiger charge is -2.44. The summed E-state index contributed by atoms with van der Waals surface area (Å²) >= 11 is 0. The summed E-state index contributed by atoms with van der Waals surface area (Å²) < 4.78 is 20.7. The number of amides is 1. The number of carbonyl (C=O) groups is 1. The maximum atomic E-state index is 13.2. The molecule has 0 aliphatic carbocycles. The number of aromatic nitrogens is 2. The van der Waals surface area contributed by atoms with Gasteiger partial charge in [-0.3, -0.25) is 4.90 Å². The first-order valence-electron chi connectivity index (χ1n) is 10.8. The van der Waals surface area contributed by atoms with Crippen molar-refractivity contribution in [2.24, 2.45) is 5.92 Å². The van der Waals surface area contributed by atoms with Gasteiger partial charge in [-0.2, -0.15) is 5.10 Å². The Balaban J connectivity index is 1.31. The van der Waals surface area contributed by atoms with E-state index >= 15 is 0 Å². The number of hydrogen-bond acceptors (Lipinski definition) is 4. The number of piperidine rings is 3. The summed E-state index contributed by atoms with van der Waals surface area (Å²) in [6.07, 6.45) is 3.73. The zero-order chi connectivity index (χ0) is 21.6. The SMILES string of the molecule is CC(C)(NC(=O)OC1CN2CCC1CC2)c1ccc2cn(-c3ccc(F)cc3)nc2c1. The van der Waals surface area contributed by atoms with Crippen LogP contribution in [0.15, 0.2) is 48.7 Å². The minimum atomic E-state index is -0.612. The van der Waals surface area contributed by atoms with Gasteiger partial charge in [0.1, 0.15) is 11.9 Å². The number of nitrogens with one attached hydrogen (secondary N) is 1. The molecule has 1 N–H and O–H groups in total. The average Bonchev–Trinajstić information content (AvgIpc) is 3.18. The lowest BCUT2D eigenvalue weighted by Crippen LogP contribution is -2.53. The number of nitrogens with zero attached hydrogens (tertiary/aromatic N) is 3. The maximum absolute atomic E-state index is 13.2. The lowest BCUT2D eigenvalue weighted by atomic mass is 9.86. The molecule has 4 heterocycles. The fourth-order valence-corrected chi connectivity index (χ4v) is 4.67. The first-order chi connectivity index (χ1) is 14.9. The molecule has 1 atom stereocenters. The second-order valence-corrected chi connectivity index (χ2v) is 9.16. The van der Waals surface area contributed by atoms with Crippen LogP contribution in [-0.4, -0.2) is 46.5 Å². The van der Waals surface area contributed by atoms with Crippen molar-refractivity contribution in [3.8, 4) is 5.69 Å². The van der Waals surface area contributed by atoms with E-state index in [2.05, 4.69) is 15.3 Å². The molecule has 3 aromatic rings. The molecule has 0 saturated carbocycles. The van der Waals surface area contributed by atoms with Crippen LogP contribution in [0.3, 0.4) is 0 Å². The predicted octanol–water partition coefficient (Wildman–Crippen LogP) is 4.22. The second kappa shape index (κ2) is 7.64. The molecular formula is C24H27FN4O2. The molecule has 6 nitrogen and oxygen atoms in total. The van der Waals surface area contributed by atoms with Gasteiger partial charge in [0.15, 0.2) is 0 Å². The summed E-state index contributed by atoms with van der Waals surface area (Å²) in [5.74, 6) is 0.200. The number of rotatable bonds is 4. The van der Waals surface area contributed by atoms with Crippen molar-refractivity contribution in [1.82, 2.24) is 20.0 Å². The molecule has 162 valence electrons. The third-order valence-corrected chi connectivity index (χ3v) is 6.59. The number of halogens is 1. The van der Waals surface area contributed by atoms with Gasteiger partial charge in [-0.25, -0.2) is 13.9 Å². The summed E-state index contributed by atoms with van der Waals surface area (Å²) in [5.41, 5.74) is 1.93. The van der Waals surface area contributed by atoms with E-state index in [1.807, 2.05) is 38.2 Å². The molecule has 3 fully saturated rings. The molecule has 7 heteroatoms. The molecule has 6 rings (SSSR count). The molecule has 1 amide bonds. The van der Waals surface area contributed by atoms with E-state index in [0.29, 0.717) is 5.92 Å². The highest BCUT2D eigenvalue weighted by atomic mass is 19.1. The van der Waals surface area contributed by atoms with Gasteiger partial charge in [-0.05, 0) is 81.6 Å². The quantitative estimate of drug-likeness (QED) is 0.684. The van der Waals surface area contributed by atoms with Crippen LogP contribution in [0.5, 0.6) is 0 Å². The van der Waals surface area contributed by atoms with Gasteiger partial charge >= 0.3 is 6.09 Å². The van der Waals surface area contributed by atoms with Crippen LogP contribution in [-0.2, 0) is 10.3 Å². The highest BCUT2D eigenvalue weighted by molar-refractivity contribution is 5.80. The predicted molar refractivity (Wildman–Crippen MR) is 117 cm³/mol. The van der Waals surface area contributed by atoms with Crippen molar-refractivity contribution in [3.63, 3.8) is 0 Å². The molecule has 3 aliphatic heterocycles. The third-order valence-electron chi connectivity index (χ3n) is 6.59. The Bertz CT molecular complexity index is 1100. The molecule has 2 aromatic carbocycles. The van der Waals surface area contributed by atoms with Crippen molar-refractivity contribution in [2.75, 3.05) is 19.6 Å². The fraction of sp³-hybridized carbons (Fsp3) is 0.417. The molecule has 0 spiro atoms. The zero-order valence-corrected chi connectivity index (χ0v) is 17.8. The lowest BCUT2D eigenvalue weighted by molar-refractivity contribution is -0.0349. The Morgan fingerprint density at radius 2 is 1.90 bits per heavy atom. The van der Waals surface area contributed by atoms with Crippen molar-refractivity contribution in [2.45, 2.75) is 38.3 Å². The smallest absolute Gasteiger partial charge is 0.408 e. The van der Waals surface area contributed by atoms with Gasteiger partial charge in [-0.15, -0.1) is 0 Å². The van der Waals surface area contributed by atoms with Crippen LogP contribution in [0.25, 0.3) is 16.6 Å². The van der Waals surface area contributed by atoms with E-state index in [1.165, 1.54) is 12.1 Å².